The van der Waals surface area contributed by atoms with E-state index in [1.165, 1.54) is 21.1 Å². The molecule has 6 nitrogen and oxygen atoms in total. The number of nitrogens with two attached hydrogens (primary N) is 1. The van der Waals surface area contributed by atoms with E-state index >= 15 is 0 Å². The topological polar surface area (TPSA) is 81.2 Å². The van der Waals surface area contributed by atoms with Crippen molar-refractivity contribution in [3.8, 4) is 5.69 Å². The molecule has 1 aromatic carbocycles. The van der Waals surface area contributed by atoms with E-state index in [9.17, 15) is 12.8 Å². The zero-order valence-corrected chi connectivity index (χ0v) is 15.4. The fourth-order valence-electron chi connectivity index (χ4n) is 3.06. The maximum atomic E-state index is 14.5. The van der Waals surface area contributed by atoms with Gasteiger partial charge in [0, 0.05) is 25.3 Å². The summed E-state index contributed by atoms with van der Waals surface area (Å²) >= 11 is 0. The molecule has 2 aromatic rings. The molecule has 25 heavy (non-hydrogen) atoms. The normalized spacial score (nSPS) is 21.4. The standard InChI is InChI=1S/C17H23FN4O2S/c1-12-9-20-22(10-12)15-5-4-13(8-14(15)18)25(23,24)21-7-6-16(19)17(2,3)11-21/h4-5,8-10,16H,6-7,11,19H2,1-3H3. The molecule has 0 spiro atoms. The minimum Gasteiger partial charge on any atom is -0.327 e. The molecule has 0 amide bonds. The van der Waals surface area contributed by atoms with Gasteiger partial charge < -0.3 is 5.73 Å². The number of rotatable bonds is 3. The van der Waals surface area contributed by atoms with E-state index in [0.717, 1.165) is 11.6 Å². The molecule has 8 heteroatoms. The highest BCUT2D eigenvalue weighted by molar-refractivity contribution is 7.89. The molecular formula is C17H23FN4O2S. The van der Waals surface area contributed by atoms with Gasteiger partial charge in [-0.2, -0.15) is 9.40 Å². The molecule has 1 saturated heterocycles. The molecule has 1 fully saturated rings. The van der Waals surface area contributed by atoms with Crippen molar-refractivity contribution in [2.24, 2.45) is 11.1 Å². The van der Waals surface area contributed by atoms with E-state index in [2.05, 4.69) is 5.10 Å². The van der Waals surface area contributed by atoms with Gasteiger partial charge in [0.25, 0.3) is 0 Å². The van der Waals surface area contributed by atoms with Crippen LogP contribution in [0.2, 0.25) is 0 Å². The first-order chi connectivity index (χ1) is 11.6. The summed E-state index contributed by atoms with van der Waals surface area (Å²) in [6, 6.07) is 3.87. The Hall–Kier alpha value is -1.77. The molecule has 2 N–H and O–H groups in total. The van der Waals surface area contributed by atoms with Crippen LogP contribution < -0.4 is 5.73 Å². The number of sulfonamides is 1. The lowest BCUT2D eigenvalue weighted by Gasteiger charge is -2.41. The highest BCUT2D eigenvalue weighted by Crippen LogP contribution is 2.31. The van der Waals surface area contributed by atoms with Crippen molar-refractivity contribution in [1.29, 1.82) is 0 Å². The number of halogens is 1. The van der Waals surface area contributed by atoms with Gasteiger partial charge >= 0.3 is 0 Å². The number of nitrogens with zero attached hydrogens (tertiary/aromatic N) is 3. The van der Waals surface area contributed by atoms with E-state index < -0.39 is 15.8 Å². The van der Waals surface area contributed by atoms with Gasteiger partial charge in [-0.05, 0) is 42.5 Å². The zero-order valence-electron chi connectivity index (χ0n) is 14.6. The fraction of sp³-hybridized carbons (Fsp3) is 0.471. The molecule has 3 rings (SSSR count). The van der Waals surface area contributed by atoms with Crippen molar-refractivity contribution >= 4 is 10.0 Å². The number of aryl methyl sites for hydroxylation is 1. The summed E-state index contributed by atoms with van der Waals surface area (Å²) in [6.45, 7) is 6.40. The van der Waals surface area contributed by atoms with E-state index in [-0.39, 0.29) is 22.0 Å². The first kappa shape index (κ1) is 18.0. The Morgan fingerprint density at radius 2 is 2.08 bits per heavy atom. The summed E-state index contributed by atoms with van der Waals surface area (Å²) in [7, 11) is -3.76. The highest BCUT2D eigenvalue weighted by atomic mass is 32.2. The maximum absolute atomic E-state index is 14.5. The van der Waals surface area contributed by atoms with Crippen molar-refractivity contribution < 1.29 is 12.8 Å². The molecule has 0 radical (unpaired) electrons. The van der Waals surface area contributed by atoms with Crippen molar-refractivity contribution in [2.75, 3.05) is 13.1 Å². The van der Waals surface area contributed by atoms with Gasteiger partial charge in [-0.25, -0.2) is 17.5 Å². The Morgan fingerprint density at radius 1 is 1.36 bits per heavy atom. The van der Waals surface area contributed by atoms with Crippen LogP contribution in [0.25, 0.3) is 5.69 Å². The average molecular weight is 366 g/mol. The summed E-state index contributed by atoms with van der Waals surface area (Å²) in [4.78, 5) is -0.0519. The molecule has 0 saturated carbocycles. The second-order valence-electron chi connectivity index (χ2n) is 7.30. The van der Waals surface area contributed by atoms with Crippen LogP contribution in [-0.4, -0.2) is 41.6 Å². The highest BCUT2D eigenvalue weighted by Gasteiger charge is 2.39. The monoisotopic (exact) mass is 366 g/mol. The van der Waals surface area contributed by atoms with Gasteiger partial charge in [-0.3, -0.25) is 0 Å². The van der Waals surface area contributed by atoms with Crippen LogP contribution in [-0.2, 0) is 10.0 Å². The Kier molecular flexibility index (Phi) is 4.47. The van der Waals surface area contributed by atoms with Crippen LogP contribution >= 0.6 is 0 Å². The molecule has 1 aliphatic rings. The molecule has 1 atom stereocenters. The maximum Gasteiger partial charge on any atom is 0.243 e. The lowest BCUT2D eigenvalue weighted by molar-refractivity contribution is 0.155. The van der Waals surface area contributed by atoms with Crippen LogP contribution in [0.4, 0.5) is 4.39 Å². The third-order valence-corrected chi connectivity index (χ3v) is 6.63. The van der Waals surface area contributed by atoms with Gasteiger partial charge in [0.2, 0.25) is 10.0 Å². The van der Waals surface area contributed by atoms with Crippen molar-refractivity contribution in [3.05, 3.63) is 42.0 Å². The minimum atomic E-state index is -3.76. The van der Waals surface area contributed by atoms with Crippen molar-refractivity contribution in [3.63, 3.8) is 0 Å². The minimum absolute atomic E-state index is 0.0519. The summed E-state index contributed by atoms with van der Waals surface area (Å²) in [5, 5.41) is 4.06. The van der Waals surface area contributed by atoms with Crippen LogP contribution in [0.1, 0.15) is 25.8 Å². The van der Waals surface area contributed by atoms with E-state index in [4.69, 9.17) is 5.73 Å². The summed E-state index contributed by atoms with van der Waals surface area (Å²) in [6.07, 6.45) is 3.88. The SMILES string of the molecule is Cc1cnn(-c2ccc(S(=O)(=O)N3CCC(N)C(C)(C)C3)cc2F)c1. The predicted molar refractivity (Wildman–Crippen MR) is 93.4 cm³/mol. The molecule has 0 bridgehead atoms. The molecule has 0 aliphatic carbocycles. The first-order valence-corrected chi connectivity index (χ1v) is 9.62. The Bertz CT molecular complexity index is 892. The number of piperidine rings is 1. The third-order valence-electron chi connectivity index (χ3n) is 4.79. The Morgan fingerprint density at radius 3 is 2.64 bits per heavy atom. The van der Waals surface area contributed by atoms with Gasteiger partial charge in [-0.15, -0.1) is 0 Å². The summed E-state index contributed by atoms with van der Waals surface area (Å²) in [5.74, 6) is -0.628. The molecule has 136 valence electrons. The van der Waals surface area contributed by atoms with Gasteiger partial charge in [-0.1, -0.05) is 13.8 Å². The Labute approximate surface area is 147 Å². The largest absolute Gasteiger partial charge is 0.327 e. The number of hydrogen-bond acceptors (Lipinski definition) is 4. The molecule has 1 aliphatic heterocycles. The summed E-state index contributed by atoms with van der Waals surface area (Å²) in [5.41, 5.74) is 6.86. The number of benzene rings is 1. The second kappa shape index (κ2) is 6.19. The zero-order chi connectivity index (χ0) is 18.4. The van der Waals surface area contributed by atoms with Gasteiger partial charge in [0.05, 0.1) is 11.1 Å². The van der Waals surface area contributed by atoms with E-state index in [0.29, 0.717) is 19.5 Å². The van der Waals surface area contributed by atoms with Crippen molar-refractivity contribution in [2.45, 2.75) is 38.1 Å². The first-order valence-electron chi connectivity index (χ1n) is 8.18. The average Bonchev–Trinajstić information content (AvgIpc) is 2.96. The van der Waals surface area contributed by atoms with Gasteiger partial charge in [0.15, 0.2) is 0 Å². The van der Waals surface area contributed by atoms with Crippen LogP contribution in [0.3, 0.4) is 0 Å². The van der Waals surface area contributed by atoms with Gasteiger partial charge in [0.1, 0.15) is 11.5 Å². The third kappa shape index (κ3) is 3.33. The number of aromatic nitrogens is 2. The van der Waals surface area contributed by atoms with Crippen LogP contribution in [0.5, 0.6) is 0 Å². The fourth-order valence-corrected chi connectivity index (χ4v) is 4.70. The number of hydrogen-bond donors (Lipinski definition) is 1. The molecular weight excluding hydrogens is 343 g/mol. The molecule has 1 unspecified atom stereocenters. The van der Waals surface area contributed by atoms with Crippen LogP contribution in [0.15, 0.2) is 35.5 Å². The molecule has 1 aromatic heterocycles. The lowest BCUT2D eigenvalue weighted by Crippen LogP contribution is -2.53. The second-order valence-corrected chi connectivity index (χ2v) is 9.24. The smallest absolute Gasteiger partial charge is 0.243 e. The Balaban J connectivity index is 1.92. The summed E-state index contributed by atoms with van der Waals surface area (Å²) < 4.78 is 43.0. The van der Waals surface area contributed by atoms with E-state index in [1.807, 2.05) is 20.8 Å². The predicted octanol–water partition coefficient (Wildman–Crippen LogP) is 2.07. The van der Waals surface area contributed by atoms with Crippen molar-refractivity contribution in [1.82, 2.24) is 14.1 Å². The van der Waals surface area contributed by atoms with E-state index in [1.54, 1.807) is 12.4 Å². The molecule has 2 heterocycles. The van der Waals surface area contributed by atoms with Crippen LogP contribution in [0, 0.1) is 18.2 Å². The lowest BCUT2D eigenvalue weighted by atomic mass is 9.81. The quantitative estimate of drug-likeness (QED) is 0.902.